The number of nitrogens with one attached hydrogen (secondary N) is 2. The molecule has 2 rings (SSSR count). The first-order valence-corrected chi connectivity index (χ1v) is 10.0. The number of nitrogens with zero attached hydrogens (tertiary/aromatic N) is 2. The Morgan fingerprint density at radius 1 is 1.23 bits per heavy atom. The normalized spacial score (nSPS) is 19.9. The molecule has 1 unspecified atom stereocenters. The van der Waals surface area contributed by atoms with Crippen molar-refractivity contribution in [2.45, 2.75) is 45.6 Å². The molecule has 1 atom stereocenters. The lowest BCUT2D eigenvalue weighted by Crippen LogP contribution is -2.51. The maximum Gasteiger partial charge on any atom is 0.191 e. The van der Waals surface area contributed by atoms with Gasteiger partial charge in [-0.25, -0.2) is 0 Å². The fourth-order valence-electron chi connectivity index (χ4n) is 3.20. The third-order valence-corrected chi connectivity index (χ3v) is 4.84. The minimum Gasteiger partial charge on any atom is -0.381 e. The second-order valence-corrected chi connectivity index (χ2v) is 7.68. The Kier molecular flexibility index (Phi) is 12.8. The van der Waals surface area contributed by atoms with E-state index < -0.39 is 0 Å². The summed E-state index contributed by atoms with van der Waals surface area (Å²) in [6.45, 7) is 12.0. The largest absolute Gasteiger partial charge is 0.381 e. The zero-order chi connectivity index (χ0) is 17.9. The predicted molar refractivity (Wildman–Crippen MR) is 119 cm³/mol. The van der Waals surface area contributed by atoms with Crippen molar-refractivity contribution in [3.8, 4) is 0 Å². The Bertz CT molecular complexity index is 386. The lowest BCUT2D eigenvalue weighted by molar-refractivity contribution is 0.0132. The van der Waals surface area contributed by atoms with E-state index in [1.165, 1.54) is 19.3 Å². The number of morpholine rings is 1. The highest BCUT2D eigenvalue weighted by molar-refractivity contribution is 14.0. The lowest BCUT2D eigenvalue weighted by Gasteiger charge is -2.35. The number of halogens is 1. The van der Waals surface area contributed by atoms with Crippen LogP contribution in [0.25, 0.3) is 0 Å². The van der Waals surface area contributed by atoms with Gasteiger partial charge in [-0.05, 0) is 37.5 Å². The first-order valence-electron chi connectivity index (χ1n) is 10.0. The molecule has 0 aromatic heterocycles. The summed E-state index contributed by atoms with van der Waals surface area (Å²) in [5, 5.41) is 6.91. The summed E-state index contributed by atoms with van der Waals surface area (Å²) in [5.41, 5.74) is 0. The van der Waals surface area contributed by atoms with E-state index in [-0.39, 0.29) is 24.0 Å². The molecular formula is C19H39IN4O2. The minimum absolute atomic E-state index is 0. The molecule has 7 heteroatoms. The maximum atomic E-state index is 5.68. The van der Waals surface area contributed by atoms with Gasteiger partial charge >= 0.3 is 0 Å². The average Bonchev–Trinajstić information content (AvgIpc) is 3.44. The van der Waals surface area contributed by atoms with Gasteiger partial charge in [0.15, 0.2) is 5.96 Å². The summed E-state index contributed by atoms with van der Waals surface area (Å²) in [5.74, 6) is 2.43. The Morgan fingerprint density at radius 3 is 2.58 bits per heavy atom. The van der Waals surface area contributed by atoms with Crippen LogP contribution in [0.15, 0.2) is 4.99 Å². The number of guanidine groups is 1. The molecule has 26 heavy (non-hydrogen) atoms. The zero-order valence-corrected chi connectivity index (χ0v) is 19.2. The summed E-state index contributed by atoms with van der Waals surface area (Å²) in [4.78, 5) is 6.90. The molecule has 154 valence electrons. The SMILES string of the molecule is CN=C(NCCCOCC1CC1)NCC(CC(C)C)N1CCOCC1.I. The molecule has 0 amide bonds. The van der Waals surface area contributed by atoms with Crippen molar-refractivity contribution in [3.05, 3.63) is 0 Å². The number of ether oxygens (including phenoxy) is 2. The Morgan fingerprint density at radius 2 is 1.96 bits per heavy atom. The standard InChI is InChI=1S/C19H38N4O2.HI/c1-16(2)13-18(23-8-11-24-12-9-23)14-22-19(20-3)21-7-4-10-25-15-17-5-6-17;/h16-18H,4-15H2,1-3H3,(H2,20,21,22);1H. The first-order chi connectivity index (χ1) is 12.2. The molecule has 1 aliphatic carbocycles. The number of hydrogen-bond donors (Lipinski definition) is 2. The van der Waals surface area contributed by atoms with Crippen LogP contribution in [0.2, 0.25) is 0 Å². The number of hydrogen-bond acceptors (Lipinski definition) is 4. The quantitative estimate of drug-likeness (QED) is 0.205. The summed E-state index contributed by atoms with van der Waals surface area (Å²) in [6.07, 6.45) is 4.93. The van der Waals surface area contributed by atoms with Gasteiger partial charge in [0.05, 0.1) is 13.2 Å². The molecule has 2 fully saturated rings. The molecule has 2 N–H and O–H groups in total. The van der Waals surface area contributed by atoms with E-state index >= 15 is 0 Å². The van der Waals surface area contributed by atoms with E-state index in [1.54, 1.807) is 0 Å². The van der Waals surface area contributed by atoms with Crippen molar-refractivity contribution >= 4 is 29.9 Å². The van der Waals surface area contributed by atoms with Crippen LogP contribution in [0.5, 0.6) is 0 Å². The molecule has 0 spiro atoms. The molecule has 0 bridgehead atoms. The van der Waals surface area contributed by atoms with Gasteiger partial charge in [-0.1, -0.05) is 13.8 Å². The summed E-state index contributed by atoms with van der Waals surface area (Å²) in [7, 11) is 1.84. The van der Waals surface area contributed by atoms with Crippen LogP contribution in [-0.4, -0.2) is 76.6 Å². The van der Waals surface area contributed by atoms with Crippen LogP contribution in [-0.2, 0) is 9.47 Å². The van der Waals surface area contributed by atoms with E-state index in [0.29, 0.717) is 12.0 Å². The summed E-state index contributed by atoms with van der Waals surface area (Å²) < 4.78 is 11.2. The van der Waals surface area contributed by atoms with Gasteiger partial charge in [0.1, 0.15) is 0 Å². The van der Waals surface area contributed by atoms with Crippen LogP contribution in [0.3, 0.4) is 0 Å². The highest BCUT2D eigenvalue weighted by Gasteiger charge is 2.22. The summed E-state index contributed by atoms with van der Waals surface area (Å²) >= 11 is 0. The number of rotatable bonds is 11. The van der Waals surface area contributed by atoms with Gasteiger partial charge in [-0.2, -0.15) is 0 Å². The van der Waals surface area contributed by atoms with Crippen molar-refractivity contribution < 1.29 is 9.47 Å². The van der Waals surface area contributed by atoms with Crippen LogP contribution < -0.4 is 10.6 Å². The van der Waals surface area contributed by atoms with E-state index in [4.69, 9.17) is 9.47 Å². The maximum absolute atomic E-state index is 5.68. The second kappa shape index (κ2) is 14.0. The fraction of sp³-hybridized carbons (Fsp3) is 0.947. The van der Waals surface area contributed by atoms with Gasteiger partial charge in [0.25, 0.3) is 0 Å². The van der Waals surface area contributed by atoms with Gasteiger partial charge in [-0.3, -0.25) is 9.89 Å². The third-order valence-electron chi connectivity index (χ3n) is 4.84. The van der Waals surface area contributed by atoms with E-state index in [9.17, 15) is 0 Å². The fourth-order valence-corrected chi connectivity index (χ4v) is 3.20. The van der Waals surface area contributed by atoms with Gasteiger partial charge in [-0.15, -0.1) is 24.0 Å². The summed E-state index contributed by atoms with van der Waals surface area (Å²) in [6, 6.07) is 0.532. The Hall–Kier alpha value is -0.120. The highest BCUT2D eigenvalue weighted by atomic mass is 127. The topological polar surface area (TPSA) is 58.1 Å². The predicted octanol–water partition coefficient (Wildman–Crippen LogP) is 2.33. The van der Waals surface area contributed by atoms with Crippen molar-refractivity contribution in [1.29, 1.82) is 0 Å². The minimum atomic E-state index is 0. The molecule has 0 aromatic rings. The molecule has 0 radical (unpaired) electrons. The van der Waals surface area contributed by atoms with E-state index in [0.717, 1.165) is 70.9 Å². The molecule has 1 heterocycles. The molecule has 6 nitrogen and oxygen atoms in total. The van der Waals surface area contributed by atoms with Gasteiger partial charge < -0.3 is 20.1 Å². The molecule has 1 aliphatic heterocycles. The monoisotopic (exact) mass is 482 g/mol. The molecule has 1 saturated heterocycles. The van der Waals surface area contributed by atoms with E-state index in [1.807, 2.05) is 7.05 Å². The molecule has 1 saturated carbocycles. The molecular weight excluding hydrogens is 443 g/mol. The van der Waals surface area contributed by atoms with Crippen LogP contribution in [0, 0.1) is 11.8 Å². The first kappa shape index (κ1) is 23.9. The van der Waals surface area contributed by atoms with Crippen LogP contribution in [0.4, 0.5) is 0 Å². The molecule has 0 aromatic carbocycles. The van der Waals surface area contributed by atoms with Crippen molar-refractivity contribution in [2.75, 3.05) is 59.7 Å². The second-order valence-electron chi connectivity index (χ2n) is 7.68. The van der Waals surface area contributed by atoms with Gasteiger partial charge in [0.2, 0.25) is 0 Å². The third kappa shape index (κ3) is 10.3. The van der Waals surface area contributed by atoms with Crippen molar-refractivity contribution in [3.63, 3.8) is 0 Å². The Labute approximate surface area is 176 Å². The zero-order valence-electron chi connectivity index (χ0n) is 16.8. The smallest absolute Gasteiger partial charge is 0.191 e. The van der Waals surface area contributed by atoms with E-state index in [2.05, 4.69) is 34.4 Å². The van der Waals surface area contributed by atoms with Crippen molar-refractivity contribution in [2.24, 2.45) is 16.8 Å². The Balaban J connectivity index is 0.00000338. The van der Waals surface area contributed by atoms with Gasteiger partial charge in [0, 0.05) is 52.5 Å². The molecule has 2 aliphatic rings. The van der Waals surface area contributed by atoms with Crippen LogP contribution >= 0.6 is 24.0 Å². The van der Waals surface area contributed by atoms with Crippen molar-refractivity contribution in [1.82, 2.24) is 15.5 Å². The number of aliphatic imine (C=N–C) groups is 1. The van der Waals surface area contributed by atoms with Crippen LogP contribution in [0.1, 0.15) is 39.5 Å². The highest BCUT2D eigenvalue weighted by Crippen LogP contribution is 2.28. The average molecular weight is 482 g/mol. The lowest BCUT2D eigenvalue weighted by atomic mass is 10.0.